The lowest BCUT2D eigenvalue weighted by atomic mass is 9.95. The highest BCUT2D eigenvalue weighted by Crippen LogP contribution is 2.40. The van der Waals surface area contributed by atoms with E-state index in [1.54, 1.807) is 0 Å². The van der Waals surface area contributed by atoms with E-state index in [0.717, 1.165) is 66.5 Å². The summed E-state index contributed by atoms with van der Waals surface area (Å²) in [6.45, 7) is 7.52. The Morgan fingerprint density at radius 1 is 0.511 bits per heavy atom. The molecule has 6 aromatic carbocycles. The number of benzene rings is 6. The molecule has 5 nitrogen and oxygen atoms in total. The third kappa shape index (κ3) is 3.88. The van der Waals surface area contributed by atoms with E-state index < -0.39 is 9.84 Å². The Morgan fingerprint density at radius 2 is 1.04 bits per heavy atom. The van der Waals surface area contributed by atoms with Crippen molar-refractivity contribution in [3.8, 4) is 22.5 Å². The smallest absolute Gasteiger partial charge is 0.188 e. The molecular weight excluding hydrogens is 575 g/mol. The highest BCUT2D eigenvalue weighted by molar-refractivity contribution is 7.89. The molecule has 1 aliphatic heterocycles. The van der Waals surface area contributed by atoms with Crippen LogP contribution < -0.4 is 0 Å². The second-order valence-corrected chi connectivity index (χ2v) is 13.8. The van der Waals surface area contributed by atoms with Gasteiger partial charge in [0.15, 0.2) is 15.5 Å². The van der Waals surface area contributed by atoms with Crippen molar-refractivity contribution in [1.29, 1.82) is 0 Å². The van der Waals surface area contributed by atoms with Crippen molar-refractivity contribution in [3.05, 3.63) is 150 Å². The van der Waals surface area contributed by atoms with Crippen LogP contribution in [-0.2, 0) is 21.3 Å². The van der Waals surface area contributed by atoms with E-state index in [2.05, 4.69) is 92.8 Å². The number of fused-ring (bicyclic) bond motifs is 9. The van der Waals surface area contributed by atoms with Gasteiger partial charge in [-0.15, -0.1) is 0 Å². The second-order valence-electron chi connectivity index (χ2n) is 11.8. The van der Waals surface area contributed by atoms with Gasteiger partial charge in [-0.05, 0) is 82.2 Å². The summed E-state index contributed by atoms with van der Waals surface area (Å²) in [5, 5.41) is 4.43. The Balaban J connectivity index is 1.28. The molecule has 3 heterocycles. The fourth-order valence-corrected chi connectivity index (χ4v) is 8.76. The van der Waals surface area contributed by atoms with Crippen LogP contribution in [0.5, 0.6) is 0 Å². The topological polar surface area (TPSA) is 48.4 Å². The van der Waals surface area contributed by atoms with Crippen LogP contribution in [0, 0.1) is 6.57 Å². The van der Waals surface area contributed by atoms with Crippen molar-refractivity contribution in [2.75, 3.05) is 0 Å². The number of para-hydroxylation sites is 3. The molecule has 0 bridgehead atoms. The predicted molar refractivity (Wildman–Crippen MR) is 183 cm³/mol. The summed E-state index contributed by atoms with van der Waals surface area (Å²) in [6, 6.07) is 43.1. The van der Waals surface area contributed by atoms with Crippen molar-refractivity contribution < 1.29 is 8.42 Å². The Hall–Kier alpha value is -5.64. The number of hydrogen-bond donors (Lipinski definition) is 0. The number of sulfone groups is 1. The molecule has 0 N–H and O–H groups in total. The minimum atomic E-state index is -3.41. The zero-order valence-electron chi connectivity index (χ0n) is 24.1. The van der Waals surface area contributed by atoms with Crippen LogP contribution in [-0.4, -0.2) is 17.6 Å². The van der Waals surface area contributed by atoms with E-state index >= 15 is 0 Å². The van der Waals surface area contributed by atoms with E-state index in [4.69, 9.17) is 6.57 Å². The summed E-state index contributed by atoms with van der Waals surface area (Å²) in [4.78, 5) is 3.65. The monoisotopic (exact) mass is 599 g/mol. The van der Waals surface area contributed by atoms with E-state index in [1.165, 1.54) is 10.8 Å². The molecule has 6 heteroatoms. The van der Waals surface area contributed by atoms with Crippen LogP contribution in [0.4, 0.5) is 5.69 Å². The average molecular weight is 600 g/mol. The summed E-state index contributed by atoms with van der Waals surface area (Å²) in [7, 11) is -3.41. The third-order valence-corrected chi connectivity index (χ3v) is 10.6. The lowest BCUT2D eigenvalue weighted by Gasteiger charge is -2.15. The van der Waals surface area contributed by atoms with E-state index in [0.29, 0.717) is 5.69 Å². The molecule has 0 radical (unpaired) electrons. The first-order chi connectivity index (χ1) is 22.0. The zero-order valence-corrected chi connectivity index (χ0v) is 24.9. The molecule has 0 atom stereocenters. The third-order valence-electron chi connectivity index (χ3n) is 9.11. The highest BCUT2D eigenvalue weighted by Gasteiger charge is 2.26. The molecule has 214 valence electrons. The SMILES string of the molecule is [C-]#[N+]c1ccc2c(c1)c1ccccc1n2-c1ccc2c(c1)CS(=O)(=O)Cc1ccc(-n3c4ccccc4c4ccccc43)cc1-2. The van der Waals surface area contributed by atoms with E-state index in [-0.39, 0.29) is 11.5 Å². The largest absolute Gasteiger partial charge is 0.309 e. The van der Waals surface area contributed by atoms with Crippen molar-refractivity contribution in [2.24, 2.45) is 0 Å². The van der Waals surface area contributed by atoms with Gasteiger partial charge in [-0.1, -0.05) is 72.8 Å². The summed E-state index contributed by atoms with van der Waals surface area (Å²) in [6.07, 6.45) is 0. The number of nitrogens with zero attached hydrogens (tertiary/aromatic N) is 3. The van der Waals surface area contributed by atoms with Crippen LogP contribution in [0.2, 0.25) is 0 Å². The summed E-state index contributed by atoms with van der Waals surface area (Å²) >= 11 is 0. The molecule has 2 aromatic heterocycles. The molecule has 0 saturated carbocycles. The highest BCUT2D eigenvalue weighted by atomic mass is 32.2. The predicted octanol–water partition coefficient (Wildman–Crippen LogP) is 9.53. The van der Waals surface area contributed by atoms with Crippen LogP contribution in [0.3, 0.4) is 0 Å². The van der Waals surface area contributed by atoms with Crippen LogP contribution in [0.1, 0.15) is 11.1 Å². The molecule has 0 fully saturated rings. The Labute approximate surface area is 259 Å². The number of hydrogen-bond acceptors (Lipinski definition) is 2. The fraction of sp³-hybridized carbons (Fsp3) is 0.0513. The molecule has 9 rings (SSSR count). The van der Waals surface area contributed by atoms with Crippen molar-refractivity contribution in [1.82, 2.24) is 9.13 Å². The molecule has 8 aromatic rings. The van der Waals surface area contributed by atoms with E-state index in [9.17, 15) is 8.42 Å². The maximum absolute atomic E-state index is 13.5. The summed E-state index contributed by atoms with van der Waals surface area (Å²) in [5.74, 6) is -0.0385. The van der Waals surface area contributed by atoms with Crippen LogP contribution in [0.15, 0.2) is 127 Å². The van der Waals surface area contributed by atoms with Gasteiger partial charge in [0, 0.05) is 27.5 Å². The van der Waals surface area contributed by atoms with Crippen molar-refractivity contribution >= 4 is 59.1 Å². The second kappa shape index (κ2) is 9.43. The number of rotatable bonds is 2. The Bertz CT molecular complexity index is 2640. The van der Waals surface area contributed by atoms with Gasteiger partial charge < -0.3 is 9.13 Å². The molecule has 1 aliphatic rings. The lowest BCUT2D eigenvalue weighted by Crippen LogP contribution is -2.06. The summed E-state index contributed by atoms with van der Waals surface area (Å²) in [5.41, 5.74) is 10.2. The lowest BCUT2D eigenvalue weighted by molar-refractivity contribution is 0.595. The van der Waals surface area contributed by atoms with Gasteiger partial charge in [0.25, 0.3) is 0 Å². The van der Waals surface area contributed by atoms with Gasteiger partial charge in [-0.3, -0.25) is 0 Å². The van der Waals surface area contributed by atoms with Gasteiger partial charge in [0.1, 0.15) is 0 Å². The average Bonchev–Trinajstić information content (AvgIpc) is 3.53. The standard InChI is InChI=1S/C39H25N3O2S/c1-40-27-15-19-39-35(21-27)33-10-4-7-13-38(33)41(39)28-17-18-30-26(20-28)24-45(43,44)23-25-14-16-29(22-34(25)30)42-36-11-5-2-8-31(36)32-9-3-6-12-37(32)42/h2-22H,23-24H2. The Kier molecular flexibility index (Phi) is 5.41. The first-order valence-corrected chi connectivity index (χ1v) is 16.7. The first-order valence-electron chi connectivity index (χ1n) is 14.9. The van der Waals surface area contributed by atoms with Gasteiger partial charge in [0.05, 0.1) is 40.1 Å². The Morgan fingerprint density at radius 3 is 1.69 bits per heavy atom. The minimum Gasteiger partial charge on any atom is -0.309 e. The maximum Gasteiger partial charge on any atom is 0.188 e. The normalized spacial score (nSPS) is 13.9. The summed E-state index contributed by atoms with van der Waals surface area (Å²) < 4.78 is 31.5. The molecule has 0 saturated heterocycles. The van der Waals surface area contributed by atoms with E-state index in [1.807, 2.05) is 48.5 Å². The van der Waals surface area contributed by atoms with Crippen molar-refractivity contribution in [2.45, 2.75) is 11.5 Å². The molecule has 0 aliphatic carbocycles. The van der Waals surface area contributed by atoms with Crippen LogP contribution >= 0.6 is 0 Å². The van der Waals surface area contributed by atoms with Crippen LogP contribution in [0.25, 0.3) is 71.0 Å². The van der Waals surface area contributed by atoms with Gasteiger partial charge in [-0.2, -0.15) is 0 Å². The van der Waals surface area contributed by atoms with Gasteiger partial charge in [-0.25, -0.2) is 13.3 Å². The molecule has 0 spiro atoms. The quantitative estimate of drug-likeness (QED) is 0.186. The first kappa shape index (κ1) is 25.8. The van der Waals surface area contributed by atoms with Gasteiger partial charge in [0.2, 0.25) is 0 Å². The maximum atomic E-state index is 13.5. The molecule has 0 amide bonds. The number of aromatic nitrogens is 2. The zero-order chi connectivity index (χ0) is 30.3. The van der Waals surface area contributed by atoms with Crippen molar-refractivity contribution in [3.63, 3.8) is 0 Å². The van der Waals surface area contributed by atoms with Gasteiger partial charge >= 0.3 is 0 Å². The minimum absolute atomic E-state index is 0.00537. The molecule has 0 unspecified atom stereocenters. The fourth-order valence-electron chi connectivity index (χ4n) is 7.22. The molecular formula is C39H25N3O2S. The molecule has 45 heavy (non-hydrogen) atoms.